The second-order valence-electron chi connectivity index (χ2n) is 3.36. The van der Waals surface area contributed by atoms with Gasteiger partial charge in [-0.3, -0.25) is 5.32 Å². The number of halogens is 1. The van der Waals surface area contributed by atoms with E-state index in [1.54, 1.807) is 0 Å². The minimum absolute atomic E-state index is 0.365. The lowest BCUT2D eigenvalue weighted by Gasteiger charge is -2.17. The number of amides is 2. The quantitative estimate of drug-likeness (QED) is 0.656. The van der Waals surface area contributed by atoms with Gasteiger partial charge >= 0.3 is 12.0 Å². The molecule has 0 saturated carbocycles. The van der Waals surface area contributed by atoms with Crippen molar-refractivity contribution in [1.82, 2.24) is 10.3 Å². The molecule has 94 valence electrons. The maximum absolute atomic E-state index is 11.3. The first kappa shape index (κ1) is 13.9. The van der Waals surface area contributed by atoms with E-state index in [0.29, 0.717) is 5.13 Å². The highest BCUT2D eigenvalue weighted by atomic mass is 79.9. The average molecular weight is 324 g/mol. The Kier molecular flexibility index (Phi) is 4.43. The van der Waals surface area contributed by atoms with Crippen molar-refractivity contribution in [1.29, 1.82) is 0 Å². The van der Waals surface area contributed by atoms with Crippen molar-refractivity contribution in [2.45, 2.75) is 12.5 Å². The molecule has 0 aromatic carbocycles. The van der Waals surface area contributed by atoms with Gasteiger partial charge in [0, 0.05) is 0 Å². The highest BCUT2D eigenvalue weighted by Gasteiger charge is 2.30. The summed E-state index contributed by atoms with van der Waals surface area (Å²) < 4.78 is 0.755. The maximum atomic E-state index is 11.3. The first-order chi connectivity index (χ1) is 7.81. The summed E-state index contributed by atoms with van der Waals surface area (Å²) in [5, 5.41) is 23.0. The molecule has 1 rings (SSSR count). The van der Waals surface area contributed by atoms with E-state index < -0.39 is 24.1 Å². The number of anilines is 1. The molecule has 0 aliphatic carbocycles. The first-order valence-electron chi connectivity index (χ1n) is 4.43. The monoisotopic (exact) mass is 323 g/mol. The second kappa shape index (κ2) is 5.43. The fourth-order valence-electron chi connectivity index (χ4n) is 0.782. The molecule has 0 aliphatic heterocycles. The van der Waals surface area contributed by atoms with Gasteiger partial charge in [0.05, 0.1) is 16.5 Å². The summed E-state index contributed by atoms with van der Waals surface area (Å²) in [4.78, 5) is 25.7. The molecule has 0 bridgehead atoms. The van der Waals surface area contributed by atoms with Crippen LogP contribution in [0.4, 0.5) is 9.93 Å². The van der Waals surface area contributed by atoms with Gasteiger partial charge in [0.25, 0.3) is 0 Å². The average Bonchev–Trinajstić information content (AvgIpc) is 2.61. The summed E-state index contributed by atoms with van der Waals surface area (Å²) in [5.41, 5.74) is -2.00. The van der Waals surface area contributed by atoms with E-state index in [1.165, 1.54) is 17.5 Å². The molecular weight excluding hydrogens is 314 g/mol. The predicted octanol–water partition coefficient (Wildman–Crippen LogP) is 0.863. The van der Waals surface area contributed by atoms with E-state index in [0.717, 1.165) is 10.7 Å². The Bertz CT molecular complexity index is 434. The van der Waals surface area contributed by atoms with Gasteiger partial charge in [0.2, 0.25) is 0 Å². The lowest BCUT2D eigenvalue weighted by Crippen LogP contribution is -2.47. The predicted molar refractivity (Wildman–Crippen MR) is 65.1 cm³/mol. The van der Waals surface area contributed by atoms with E-state index in [4.69, 9.17) is 5.11 Å². The molecule has 1 aromatic rings. The number of carboxylic acid groups (broad SMARTS) is 1. The minimum atomic E-state index is -2.00. The topological polar surface area (TPSA) is 112 Å². The number of nitrogens with one attached hydrogen (secondary N) is 2. The molecule has 1 unspecified atom stereocenters. The summed E-state index contributed by atoms with van der Waals surface area (Å²) in [7, 11) is 0. The molecule has 0 spiro atoms. The van der Waals surface area contributed by atoms with Gasteiger partial charge in [-0.25, -0.2) is 14.6 Å². The fourth-order valence-corrected chi connectivity index (χ4v) is 1.88. The Morgan fingerprint density at radius 2 is 2.29 bits per heavy atom. The van der Waals surface area contributed by atoms with Gasteiger partial charge in [-0.1, -0.05) is 11.3 Å². The number of aliphatic carboxylic acids is 1. The molecule has 2 amide bonds. The Hall–Kier alpha value is -1.19. The third kappa shape index (κ3) is 4.29. The van der Waals surface area contributed by atoms with Crippen molar-refractivity contribution in [2.75, 3.05) is 11.9 Å². The molecule has 0 aliphatic rings. The first-order valence-corrected chi connectivity index (χ1v) is 6.04. The van der Waals surface area contributed by atoms with Crippen molar-refractivity contribution in [3.63, 3.8) is 0 Å². The fraction of sp³-hybridized carbons (Fsp3) is 0.375. The van der Waals surface area contributed by atoms with Crippen LogP contribution >= 0.6 is 27.3 Å². The Balaban J connectivity index is 2.43. The summed E-state index contributed by atoms with van der Waals surface area (Å²) in [5.74, 6) is -1.41. The van der Waals surface area contributed by atoms with E-state index in [9.17, 15) is 14.7 Å². The highest BCUT2D eigenvalue weighted by Crippen LogP contribution is 2.22. The normalized spacial score (nSPS) is 13.8. The van der Waals surface area contributed by atoms with Gasteiger partial charge in [0.1, 0.15) is 0 Å². The van der Waals surface area contributed by atoms with Gasteiger partial charge in [-0.2, -0.15) is 0 Å². The van der Waals surface area contributed by atoms with Crippen LogP contribution < -0.4 is 10.6 Å². The number of aliphatic hydroxyl groups is 1. The van der Waals surface area contributed by atoms with Crippen molar-refractivity contribution >= 4 is 44.4 Å². The van der Waals surface area contributed by atoms with Gasteiger partial charge in [-0.05, 0) is 22.9 Å². The molecule has 1 aromatic heterocycles. The molecule has 7 nitrogen and oxygen atoms in total. The van der Waals surface area contributed by atoms with Crippen LogP contribution in [0.25, 0.3) is 0 Å². The number of thiazole rings is 1. The van der Waals surface area contributed by atoms with Crippen LogP contribution in [0.3, 0.4) is 0 Å². The molecule has 1 heterocycles. The van der Waals surface area contributed by atoms with Crippen LogP contribution in [0.5, 0.6) is 0 Å². The number of hydrogen-bond donors (Lipinski definition) is 4. The number of carboxylic acids is 1. The van der Waals surface area contributed by atoms with Crippen molar-refractivity contribution in [2.24, 2.45) is 0 Å². The zero-order valence-electron chi connectivity index (χ0n) is 8.73. The largest absolute Gasteiger partial charge is 0.479 e. The molecular formula is C8H10BrN3O4S. The van der Waals surface area contributed by atoms with E-state index in [-0.39, 0.29) is 0 Å². The second-order valence-corrected chi connectivity index (χ2v) is 5.77. The maximum Gasteiger partial charge on any atom is 0.337 e. The lowest BCUT2D eigenvalue weighted by molar-refractivity contribution is -0.155. The number of rotatable bonds is 4. The molecule has 0 radical (unpaired) electrons. The van der Waals surface area contributed by atoms with Crippen LogP contribution in [0.1, 0.15) is 6.92 Å². The third-order valence-corrected chi connectivity index (χ3v) is 3.14. The van der Waals surface area contributed by atoms with Gasteiger partial charge in [0.15, 0.2) is 10.7 Å². The smallest absolute Gasteiger partial charge is 0.337 e. The SMILES string of the molecule is CC(O)(CNC(=O)Nc1ncc(Br)s1)C(=O)O. The zero-order chi connectivity index (χ0) is 13.1. The van der Waals surface area contributed by atoms with E-state index >= 15 is 0 Å². The summed E-state index contributed by atoms with van der Waals surface area (Å²) >= 11 is 4.39. The number of aromatic nitrogens is 1. The van der Waals surface area contributed by atoms with E-state index in [1.807, 2.05) is 0 Å². The van der Waals surface area contributed by atoms with Crippen LogP contribution in [0.15, 0.2) is 9.98 Å². The number of hydrogen-bond acceptors (Lipinski definition) is 5. The van der Waals surface area contributed by atoms with Crippen LogP contribution in [0, 0.1) is 0 Å². The van der Waals surface area contributed by atoms with Crippen LogP contribution in [0.2, 0.25) is 0 Å². The molecule has 9 heteroatoms. The van der Waals surface area contributed by atoms with Crippen molar-refractivity contribution in [3.8, 4) is 0 Å². The molecule has 0 fully saturated rings. The minimum Gasteiger partial charge on any atom is -0.479 e. The standard InChI is InChI=1S/C8H10BrN3O4S/c1-8(16,5(13)14)3-11-6(15)12-7-10-2-4(9)17-7/h2,16H,3H2,1H3,(H,13,14)(H2,10,11,12,15). The van der Waals surface area contributed by atoms with E-state index in [2.05, 4.69) is 31.5 Å². The highest BCUT2D eigenvalue weighted by molar-refractivity contribution is 9.11. The molecule has 4 N–H and O–H groups in total. The van der Waals surface area contributed by atoms with Crippen molar-refractivity contribution in [3.05, 3.63) is 9.98 Å². The molecule has 17 heavy (non-hydrogen) atoms. The van der Waals surface area contributed by atoms with Crippen LogP contribution in [-0.4, -0.2) is 39.3 Å². The number of urea groups is 1. The third-order valence-electron chi connectivity index (χ3n) is 1.75. The Labute approximate surface area is 109 Å². The number of carbonyl (C=O) groups excluding carboxylic acids is 1. The Morgan fingerprint density at radius 1 is 1.65 bits per heavy atom. The summed E-state index contributed by atoms with van der Waals surface area (Å²) in [6.45, 7) is 0.691. The molecule has 0 saturated heterocycles. The number of nitrogens with zero attached hydrogens (tertiary/aromatic N) is 1. The lowest BCUT2D eigenvalue weighted by atomic mass is 10.1. The number of carbonyl (C=O) groups is 2. The van der Waals surface area contributed by atoms with Crippen LogP contribution in [-0.2, 0) is 4.79 Å². The Morgan fingerprint density at radius 3 is 2.76 bits per heavy atom. The summed E-state index contributed by atoms with van der Waals surface area (Å²) in [6.07, 6.45) is 1.52. The zero-order valence-corrected chi connectivity index (χ0v) is 11.1. The van der Waals surface area contributed by atoms with Gasteiger partial charge < -0.3 is 15.5 Å². The molecule has 1 atom stereocenters. The summed E-state index contributed by atoms with van der Waals surface area (Å²) in [6, 6.07) is -0.631. The van der Waals surface area contributed by atoms with Crippen molar-refractivity contribution < 1.29 is 19.8 Å². The van der Waals surface area contributed by atoms with Gasteiger partial charge in [-0.15, -0.1) is 0 Å².